The van der Waals surface area contributed by atoms with Gasteiger partial charge in [0.1, 0.15) is 0 Å². The molecule has 2 rings (SSSR count). The number of rotatable bonds is 3. The Labute approximate surface area is 115 Å². The fourth-order valence-corrected chi connectivity index (χ4v) is 2.71. The standard InChI is InChI=1S/C14H22ClN3/c1-11-10-18(7-6-17(11)3)14-5-4-12(9-16-2)8-13(14)15/h4-5,8,11,16H,6-7,9-10H2,1-3H3. The van der Waals surface area contributed by atoms with E-state index in [-0.39, 0.29) is 0 Å². The summed E-state index contributed by atoms with van der Waals surface area (Å²) in [6.45, 7) is 6.30. The lowest BCUT2D eigenvalue weighted by atomic mass is 10.1. The van der Waals surface area contributed by atoms with Gasteiger partial charge in [-0.25, -0.2) is 0 Å². The van der Waals surface area contributed by atoms with Crippen LogP contribution in [-0.2, 0) is 6.54 Å². The summed E-state index contributed by atoms with van der Waals surface area (Å²) in [5.74, 6) is 0. The summed E-state index contributed by atoms with van der Waals surface area (Å²) in [4.78, 5) is 4.77. The van der Waals surface area contributed by atoms with Gasteiger partial charge in [0.25, 0.3) is 0 Å². The molecule has 1 saturated heterocycles. The fraction of sp³-hybridized carbons (Fsp3) is 0.571. The molecule has 1 aromatic rings. The molecule has 0 saturated carbocycles. The SMILES string of the molecule is CNCc1ccc(N2CCN(C)C(C)C2)c(Cl)c1. The van der Waals surface area contributed by atoms with E-state index >= 15 is 0 Å². The zero-order valence-electron chi connectivity index (χ0n) is 11.4. The number of likely N-dealkylation sites (N-methyl/N-ethyl adjacent to an activating group) is 1. The molecule has 18 heavy (non-hydrogen) atoms. The van der Waals surface area contributed by atoms with Crippen molar-refractivity contribution in [2.75, 3.05) is 38.6 Å². The van der Waals surface area contributed by atoms with Gasteiger partial charge in [-0.15, -0.1) is 0 Å². The lowest BCUT2D eigenvalue weighted by molar-refractivity contribution is 0.234. The zero-order chi connectivity index (χ0) is 13.1. The second-order valence-corrected chi connectivity index (χ2v) is 5.50. The van der Waals surface area contributed by atoms with Crippen LogP contribution in [0.3, 0.4) is 0 Å². The van der Waals surface area contributed by atoms with Crippen molar-refractivity contribution in [1.82, 2.24) is 10.2 Å². The fourth-order valence-electron chi connectivity index (χ4n) is 2.39. The number of nitrogens with one attached hydrogen (secondary N) is 1. The second-order valence-electron chi connectivity index (χ2n) is 5.09. The number of halogens is 1. The monoisotopic (exact) mass is 267 g/mol. The Kier molecular flexibility index (Phi) is 4.49. The Morgan fingerprint density at radius 1 is 1.39 bits per heavy atom. The minimum absolute atomic E-state index is 0.576. The Morgan fingerprint density at radius 3 is 2.78 bits per heavy atom. The number of piperazine rings is 1. The van der Waals surface area contributed by atoms with Gasteiger partial charge in [0.15, 0.2) is 0 Å². The average Bonchev–Trinajstić information content (AvgIpc) is 2.34. The number of anilines is 1. The summed E-state index contributed by atoms with van der Waals surface area (Å²) in [5, 5.41) is 4.00. The first-order valence-corrected chi connectivity index (χ1v) is 6.88. The van der Waals surface area contributed by atoms with E-state index in [0.29, 0.717) is 6.04 Å². The van der Waals surface area contributed by atoms with Gasteiger partial charge in [0.05, 0.1) is 10.7 Å². The van der Waals surface area contributed by atoms with Gasteiger partial charge in [-0.1, -0.05) is 17.7 Å². The molecule has 1 N–H and O–H groups in total. The minimum Gasteiger partial charge on any atom is -0.367 e. The average molecular weight is 268 g/mol. The van der Waals surface area contributed by atoms with E-state index in [1.54, 1.807) is 0 Å². The first-order valence-electron chi connectivity index (χ1n) is 6.50. The summed E-state index contributed by atoms with van der Waals surface area (Å²) < 4.78 is 0. The van der Waals surface area contributed by atoms with E-state index in [2.05, 4.69) is 47.3 Å². The van der Waals surface area contributed by atoms with Gasteiger partial charge < -0.3 is 15.1 Å². The van der Waals surface area contributed by atoms with Crippen LogP contribution >= 0.6 is 11.6 Å². The molecule has 1 heterocycles. The van der Waals surface area contributed by atoms with Crippen molar-refractivity contribution < 1.29 is 0 Å². The van der Waals surface area contributed by atoms with Crippen LogP contribution in [0.1, 0.15) is 12.5 Å². The Hall–Kier alpha value is -0.770. The third kappa shape index (κ3) is 2.97. The van der Waals surface area contributed by atoms with Crippen molar-refractivity contribution in [2.24, 2.45) is 0 Å². The molecule has 100 valence electrons. The highest BCUT2D eigenvalue weighted by atomic mass is 35.5. The Balaban J connectivity index is 2.13. The third-order valence-electron chi connectivity index (χ3n) is 3.69. The normalized spacial score (nSPS) is 21.3. The first kappa shape index (κ1) is 13.7. The molecule has 1 aliphatic heterocycles. The van der Waals surface area contributed by atoms with Crippen molar-refractivity contribution in [2.45, 2.75) is 19.5 Å². The third-order valence-corrected chi connectivity index (χ3v) is 4.00. The van der Waals surface area contributed by atoms with Crippen molar-refractivity contribution in [3.8, 4) is 0 Å². The highest BCUT2D eigenvalue weighted by Crippen LogP contribution is 2.28. The summed E-state index contributed by atoms with van der Waals surface area (Å²) in [7, 11) is 4.13. The van der Waals surface area contributed by atoms with E-state index < -0.39 is 0 Å². The molecule has 1 atom stereocenters. The van der Waals surface area contributed by atoms with E-state index in [4.69, 9.17) is 11.6 Å². The smallest absolute Gasteiger partial charge is 0.0642 e. The van der Waals surface area contributed by atoms with E-state index in [1.807, 2.05) is 7.05 Å². The van der Waals surface area contributed by atoms with Gasteiger partial charge in [-0.05, 0) is 38.7 Å². The van der Waals surface area contributed by atoms with Gasteiger partial charge in [0.2, 0.25) is 0 Å². The number of hydrogen-bond donors (Lipinski definition) is 1. The van der Waals surface area contributed by atoms with E-state index in [1.165, 1.54) is 5.56 Å². The molecule has 3 nitrogen and oxygen atoms in total. The van der Waals surface area contributed by atoms with Crippen LogP contribution in [0.4, 0.5) is 5.69 Å². The largest absolute Gasteiger partial charge is 0.367 e. The zero-order valence-corrected chi connectivity index (χ0v) is 12.2. The molecule has 4 heteroatoms. The maximum absolute atomic E-state index is 6.40. The molecule has 0 aromatic heterocycles. The van der Waals surface area contributed by atoms with Gasteiger partial charge in [0, 0.05) is 32.2 Å². The lowest BCUT2D eigenvalue weighted by Crippen LogP contribution is -2.50. The van der Waals surface area contributed by atoms with Crippen molar-refractivity contribution >= 4 is 17.3 Å². The molecule has 0 bridgehead atoms. The molecule has 0 amide bonds. The van der Waals surface area contributed by atoms with Gasteiger partial charge >= 0.3 is 0 Å². The van der Waals surface area contributed by atoms with Crippen LogP contribution in [0.25, 0.3) is 0 Å². The topological polar surface area (TPSA) is 18.5 Å². The predicted molar refractivity (Wildman–Crippen MR) is 78.5 cm³/mol. The summed E-state index contributed by atoms with van der Waals surface area (Å²) in [6, 6.07) is 6.94. The highest BCUT2D eigenvalue weighted by Gasteiger charge is 2.22. The molecule has 1 aromatic carbocycles. The Bertz CT molecular complexity index is 408. The number of hydrogen-bond acceptors (Lipinski definition) is 3. The van der Waals surface area contributed by atoms with Crippen LogP contribution < -0.4 is 10.2 Å². The van der Waals surface area contributed by atoms with Crippen LogP contribution in [-0.4, -0.2) is 44.7 Å². The van der Waals surface area contributed by atoms with E-state index in [0.717, 1.165) is 36.9 Å². The number of nitrogens with zero attached hydrogens (tertiary/aromatic N) is 2. The highest BCUT2D eigenvalue weighted by molar-refractivity contribution is 6.33. The molecule has 1 fully saturated rings. The van der Waals surface area contributed by atoms with Crippen molar-refractivity contribution in [1.29, 1.82) is 0 Å². The minimum atomic E-state index is 0.576. The molecule has 0 spiro atoms. The summed E-state index contributed by atoms with van der Waals surface area (Å²) >= 11 is 6.40. The van der Waals surface area contributed by atoms with Gasteiger partial charge in [-0.3, -0.25) is 0 Å². The molecular weight excluding hydrogens is 246 g/mol. The van der Waals surface area contributed by atoms with Crippen LogP contribution in [0.2, 0.25) is 5.02 Å². The Morgan fingerprint density at radius 2 is 2.17 bits per heavy atom. The maximum Gasteiger partial charge on any atom is 0.0642 e. The predicted octanol–water partition coefficient (Wildman–Crippen LogP) is 2.20. The molecule has 0 radical (unpaired) electrons. The van der Waals surface area contributed by atoms with Crippen molar-refractivity contribution in [3.63, 3.8) is 0 Å². The van der Waals surface area contributed by atoms with Crippen LogP contribution in [0, 0.1) is 0 Å². The maximum atomic E-state index is 6.40. The molecule has 1 aliphatic rings. The molecule has 1 unspecified atom stereocenters. The van der Waals surface area contributed by atoms with Crippen LogP contribution in [0.5, 0.6) is 0 Å². The summed E-state index contributed by atoms with van der Waals surface area (Å²) in [5.41, 5.74) is 2.39. The number of benzene rings is 1. The van der Waals surface area contributed by atoms with Crippen molar-refractivity contribution in [3.05, 3.63) is 28.8 Å². The second kappa shape index (κ2) is 5.91. The van der Waals surface area contributed by atoms with Crippen LogP contribution in [0.15, 0.2) is 18.2 Å². The van der Waals surface area contributed by atoms with Gasteiger partial charge in [-0.2, -0.15) is 0 Å². The first-order chi connectivity index (χ1) is 8.61. The molecular formula is C14H22ClN3. The quantitative estimate of drug-likeness (QED) is 0.906. The summed E-state index contributed by atoms with van der Waals surface area (Å²) in [6.07, 6.45) is 0. The lowest BCUT2D eigenvalue weighted by Gasteiger charge is -2.39. The van der Waals surface area contributed by atoms with E-state index in [9.17, 15) is 0 Å². The molecule has 0 aliphatic carbocycles.